The summed E-state index contributed by atoms with van der Waals surface area (Å²) >= 11 is 0. The van der Waals surface area contributed by atoms with E-state index in [1.807, 2.05) is 83.7 Å². The maximum atomic E-state index is 14.0. The number of ether oxygens (including phenoxy) is 1. The third kappa shape index (κ3) is 4.64. The minimum Gasteiger partial charge on any atom is -0.451 e. The van der Waals surface area contributed by atoms with Crippen molar-refractivity contribution in [2.75, 3.05) is 0 Å². The number of aromatic nitrogens is 1. The van der Waals surface area contributed by atoms with Crippen molar-refractivity contribution in [1.82, 2.24) is 4.57 Å². The average Bonchev–Trinajstić information content (AvgIpc) is 3.49. The van der Waals surface area contributed by atoms with E-state index in [4.69, 9.17) is 4.74 Å². The standard InChI is InChI=1S/C34H27NO2/c36-34(32(35-22-8-9-23-35)24-25-12-2-1-3-13-25)37-33(30-20-10-16-26-14-4-6-18-28(26)30)31-21-11-17-27-15-5-7-19-29(27)31/h1-23,32-33H,24H2/t32-/m0/s1. The molecule has 3 nitrogen and oxygen atoms in total. The molecule has 0 unspecified atom stereocenters. The number of fused-ring (bicyclic) bond motifs is 2. The van der Waals surface area contributed by atoms with Crippen LogP contribution < -0.4 is 0 Å². The van der Waals surface area contributed by atoms with Gasteiger partial charge in [-0.05, 0) is 39.2 Å². The van der Waals surface area contributed by atoms with E-state index in [0.717, 1.165) is 38.2 Å². The lowest BCUT2D eigenvalue weighted by Gasteiger charge is -2.25. The van der Waals surface area contributed by atoms with Crippen molar-refractivity contribution in [3.63, 3.8) is 0 Å². The number of nitrogens with zero attached hydrogens (tertiary/aromatic N) is 1. The zero-order chi connectivity index (χ0) is 25.0. The Morgan fingerprint density at radius 3 is 1.70 bits per heavy atom. The Kier molecular flexibility index (Phi) is 6.26. The maximum Gasteiger partial charge on any atom is 0.330 e. The van der Waals surface area contributed by atoms with E-state index in [1.165, 1.54) is 0 Å². The van der Waals surface area contributed by atoms with Gasteiger partial charge in [0.1, 0.15) is 6.04 Å². The lowest BCUT2D eigenvalue weighted by Crippen LogP contribution is -2.25. The molecule has 1 aromatic heterocycles. The SMILES string of the molecule is O=C(OC(c1cccc2ccccc12)c1cccc2ccccc12)[C@H](Cc1ccccc1)n1cccc1. The van der Waals surface area contributed by atoms with Gasteiger partial charge in [-0.1, -0.05) is 115 Å². The summed E-state index contributed by atoms with van der Waals surface area (Å²) < 4.78 is 8.48. The molecule has 0 N–H and O–H groups in total. The second-order valence-electron chi connectivity index (χ2n) is 9.29. The van der Waals surface area contributed by atoms with Gasteiger partial charge in [0.2, 0.25) is 0 Å². The van der Waals surface area contributed by atoms with Crippen molar-refractivity contribution in [2.24, 2.45) is 0 Å². The molecule has 0 saturated carbocycles. The number of carbonyl (C=O) groups is 1. The van der Waals surface area contributed by atoms with Crippen molar-refractivity contribution < 1.29 is 9.53 Å². The first kappa shape index (κ1) is 22.8. The molecule has 5 aromatic carbocycles. The van der Waals surface area contributed by atoms with Gasteiger partial charge < -0.3 is 9.30 Å². The molecule has 0 bridgehead atoms. The average molecular weight is 482 g/mol. The summed E-state index contributed by atoms with van der Waals surface area (Å²) in [4.78, 5) is 14.0. The topological polar surface area (TPSA) is 31.2 Å². The largest absolute Gasteiger partial charge is 0.451 e. The first-order chi connectivity index (χ1) is 18.3. The zero-order valence-electron chi connectivity index (χ0n) is 20.4. The quantitative estimate of drug-likeness (QED) is 0.217. The van der Waals surface area contributed by atoms with Gasteiger partial charge in [0.25, 0.3) is 0 Å². The third-order valence-electron chi connectivity index (χ3n) is 6.98. The Morgan fingerprint density at radius 1 is 0.595 bits per heavy atom. The monoisotopic (exact) mass is 481 g/mol. The van der Waals surface area contributed by atoms with E-state index in [2.05, 4.69) is 60.7 Å². The number of benzene rings is 5. The summed E-state index contributed by atoms with van der Waals surface area (Å²) in [5.41, 5.74) is 3.05. The minimum atomic E-state index is -0.557. The van der Waals surface area contributed by atoms with Crippen LogP contribution in [0.5, 0.6) is 0 Å². The molecule has 0 spiro atoms. The van der Waals surface area contributed by atoms with Crippen LogP contribution in [0.1, 0.15) is 28.8 Å². The molecule has 3 heteroatoms. The normalized spacial score (nSPS) is 12.1. The fraction of sp³-hybridized carbons (Fsp3) is 0.0882. The summed E-state index contributed by atoms with van der Waals surface area (Å²) in [5.74, 6) is -0.258. The van der Waals surface area contributed by atoms with Crippen molar-refractivity contribution >= 4 is 27.5 Å². The number of hydrogen-bond acceptors (Lipinski definition) is 2. The van der Waals surface area contributed by atoms with E-state index >= 15 is 0 Å². The second-order valence-corrected chi connectivity index (χ2v) is 9.29. The molecular weight excluding hydrogens is 454 g/mol. The van der Waals surface area contributed by atoms with Crippen molar-refractivity contribution in [2.45, 2.75) is 18.6 Å². The lowest BCUT2D eigenvalue weighted by molar-refractivity contribution is -0.151. The number of carbonyl (C=O) groups excluding carboxylic acids is 1. The highest BCUT2D eigenvalue weighted by Crippen LogP contribution is 2.36. The highest BCUT2D eigenvalue weighted by Gasteiger charge is 2.28. The van der Waals surface area contributed by atoms with Crippen LogP contribution in [0.2, 0.25) is 0 Å². The number of hydrogen-bond donors (Lipinski definition) is 0. The molecule has 0 aliphatic rings. The van der Waals surface area contributed by atoms with Crippen LogP contribution in [0.3, 0.4) is 0 Å². The van der Waals surface area contributed by atoms with E-state index in [9.17, 15) is 4.79 Å². The third-order valence-corrected chi connectivity index (χ3v) is 6.98. The molecule has 180 valence electrons. The van der Waals surface area contributed by atoms with E-state index < -0.39 is 12.1 Å². The van der Waals surface area contributed by atoms with Crippen LogP contribution in [-0.4, -0.2) is 10.5 Å². The van der Waals surface area contributed by atoms with E-state index in [0.29, 0.717) is 6.42 Å². The van der Waals surface area contributed by atoms with Crippen LogP contribution in [0, 0.1) is 0 Å². The van der Waals surface area contributed by atoms with E-state index in [-0.39, 0.29) is 5.97 Å². The molecule has 0 aliphatic heterocycles. The molecule has 0 radical (unpaired) electrons. The Hall–Kier alpha value is -4.63. The van der Waals surface area contributed by atoms with Crippen molar-refractivity contribution in [3.8, 4) is 0 Å². The van der Waals surface area contributed by atoms with Gasteiger partial charge in [-0.3, -0.25) is 0 Å². The lowest BCUT2D eigenvalue weighted by atomic mass is 9.92. The van der Waals surface area contributed by atoms with Crippen molar-refractivity contribution in [3.05, 3.63) is 156 Å². The van der Waals surface area contributed by atoms with Crippen LogP contribution in [0.15, 0.2) is 140 Å². The molecule has 0 fully saturated rings. The molecule has 0 saturated heterocycles. The predicted octanol–water partition coefficient (Wildman–Crippen LogP) is 7.91. The first-order valence-electron chi connectivity index (χ1n) is 12.6. The fourth-order valence-corrected chi connectivity index (χ4v) is 5.15. The Labute approximate surface area is 216 Å². The van der Waals surface area contributed by atoms with Gasteiger partial charge in [0.05, 0.1) is 0 Å². The molecule has 37 heavy (non-hydrogen) atoms. The van der Waals surface area contributed by atoms with Gasteiger partial charge >= 0.3 is 5.97 Å². The summed E-state index contributed by atoms with van der Waals surface area (Å²) in [5, 5.41) is 4.40. The Balaban J connectivity index is 1.47. The van der Waals surface area contributed by atoms with Gasteiger partial charge in [-0.2, -0.15) is 0 Å². The maximum absolute atomic E-state index is 14.0. The molecule has 0 amide bonds. The molecular formula is C34H27NO2. The number of rotatable bonds is 7. The van der Waals surface area contributed by atoms with Gasteiger partial charge in [-0.15, -0.1) is 0 Å². The van der Waals surface area contributed by atoms with Crippen LogP contribution in [-0.2, 0) is 16.0 Å². The Morgan fingerprint density at radius 2 is 1.11 bits per heavy atom. The minimum absolute atomic E-state index is 0.258. The zero-order valence-corrected chi connectivity index (χ0v) is 20.4. The van der Waals surface area contributed by atoms with Crippen LogP contribution in [0.4, 0.5) is 0 Å². The first-order valence-corrected chi connectivity index (χ1v) is 12.6. The Bertz CT molecular complexity index is 1560. The highest BCUT2D eigenvalue weighted by atomic mass is 16.5. The molecule has 0 aliphatic carbocycles. The van der Waals surface area contributed by atoms with Crippen LogP contribution in [0.25, 0.3) is 21.5 Å². The van der Waals surface area contributed by atoms with Gasteiger partial charge in [0.15, 0.2) is 6.10 Å². The highest BCUT2D eigenvalue weighted by molar-refractivity contribution is 5.90. The summed E-state index contributed by atoms with van der Waals surface area (Å²) in [6, 6.07) is 42.4. The second kappa shape index (κ2) is 10.2. The van der Waals surface area contributed by atoms with Crippen molar-refractivity contribution in [1.29, 1.82) is 0 Å². The van der Waals surface area contributed by atoms with Gasteiger partial charge in [0, 0.05) is 29.9 Å². The molecule has 1 heterocycles. The smallest absolute Gasteiger partial charge is 0.330 e. The summed E-state index contributed by atoms with van der Waals surface area (Å²) in [6.07, 6.45) is 3.85. The van der Waals surface area contributed by atoms with Crippen LogP contribution >= 0.6 is 0 Å². The molecule has 6 aromatic rings. The molecule has 6 rings (SSSR count). The predicted molar refractivity (Wildman–Crippen MR) is 149 cm³/mol. The summed E-state index contributed by atoms with van der Waals surface area (Å²) in [7, 11) is 0. The number of esters is 1. The van der Waals surface area contributed by atoms with E-state index in [1.54, 1.807) is 0 Å². The summed E-state index contributed by atoms with van der Waals surface area (Å²) in [6.45, 7) is 0. The fourth-order valence-electron chi connectivity index (χ4n) is 5.15. The van der Waals surface area contributed by atoms with Gasteiger partial charge in [-0.25, -0.2) is 4.79 Å². The molecule has 1 atom stereocenters.